The van der Waals surface area contributed by atoms with Gasteiger partial charge in [-0.25, -0.2) is 8.96 Å². The van der Waals surface area contributed by atoms with Gasteiger partial charge in [-0.15, -0.1) is 0 Å². The Balaban J connectivity index is 1.76. The van der Waals surface area contributed by atoms with Crippen LogP contribution in [0, 0.1) is 0 Å². The summed E-state index contributed by atoms with van der Waals surface area (Å²) in [6.07, 6.45) is -4.47. The number of hydrogen-bond acceptors (Lipinski definition) is 10. The van der Waals surface area contributed by atoms with Crippen LogP contribution < -0.4 is 15.3 Å². The van der Waals surface area contributed by atoms with Gasteiger partial charge in [-0.3, -0.25) is 28.6 Å². The molecule has 1 fully saturated rings. The number of nitrogens with two attached hydrogens (primary N) is 1. The molecule has 0 aromatic heterocycles. The van der Waals surface area contributed by atoms with Gasteiger partial charge >= 0.3 is 13.7 Å². The van der Waals surface area contributed by atoms with Crippen LogP contribution in [0.15, 0.2) is 42.6 Å². The zero-order valence-corrected chi connectivity index (χ0v) is 21.7. The minimum Gasteiger partial charge on any atom is -0.451 e. The zero-order valence-electron chi connectivity index (χ0n) is 20.8. The minimum atomic E-state index is -4.43. The minimum absolute atomic E-state index is 0.0872. The zero-order chi connectivity index (χ0) is 28.3. The number of nitrogens with one attached hydrogen (secondary N) is 1. The standard InChI is InChI=1S/C23H29FN3O10P/c1-13(21(32)35-14(2)20(25)31)26-38(33,37-16-7-5-4-6-8-16)34-12-17-19(30)23(3,24)22(36-17)27-10-9-15(28)11-18(27)29/h4-10,13-14,17,19,22,30H,11-12H2,1-3H3,(H2,25,31)(H,26,33)/t13-,14-,17+,19+,22+,23+,38?/m0/s1. The number of carbonyl (C=O) groups excluding carboxylic acids is 4. The number of esters is 1. The molecule has 7 atom stereocenters. The number of nitrogens with zero attached hydrogens (tertiary/aromatic N) is 1. The fourth-order valence-electron chi connectivity index (χ4n) is 3.61. The van der Waals surface area contributed by atoms with E-state index in [0.717, 1.165) is 24.1 Å². The highest BCUT2D eigenvalue weighted by molar-refractivity contribution is 7.52. The summed E-state index contributed by atoms with van der Waals surface area (Å²) in [5.41, 5.74) is 2.60. The lowest BCUT2D eigenvalue weighted by molar-refractivity contribution is -0.155. The summed E-state index contributed by atoms with van der Waals surface area (Å²) < 4.78 is 50.5. The molecule has 0 radical (unpaired) electrons. The van der Waals surface area contributed by atoms with E-state index in [1.807, 2.05) is 0 Å². The van der Waals surface area contributed by atoms with Gasteiger partial charge < -0.3 is 24.8 Å². The highest BCUT2D eigenvalue weighted by Crippen LogP contribution is 2.46. The number of carbonyl (C=O) groups is 4. The van der Waals surface area contributed by atoms with E-state index in [2.05, 4.69) is 5.09 Å². The number of primary amides is 1. The van der Waals surface area contributed by atoms with Gasteiger partial charge in [-0.1, -0.05) is 18.2 Å². The third-order valence-electron chi connectivity index (χ3n) is 5.78. The number of allylic oxidation sites excluding steroid dienone is 1. The van der Waals surface area contributed by atoms with Crippen LogP contribution in [-0.4, -0.2) is 76.4 Å². The number of ether oxygens (including phenoxy) is 2. The van der Waals surface area contributed by atoms with Crippen molar-refractivity contribution in [1.29, 1.82) is 0 Å². The van der Waals surface area contributed by atoms with Crippen molar-refractivity contribution in [2.24, 2.45) is 5.73 Å². The second-order valence-corrected chi connectivity index (χ2v) is 10.6. The van der Waals surface area contributed by atoms with Gasteiger partial charge in [0.1, 0.15) is 24.0 Å². The Morgan fingerprint density at radius 3 is 2.58 bits per heavy atom. The summed E-state index contributed by atoms with van der Waals surface area (Å²) in [7, 11) is -4.43. The molecule has 0 spiro atoms. The van der Waals surface area contributed by atoms with E-state index in [1.54, 1.807) is 18.2 Å². The van der Waals surface area contributed by atoms with Crippen molar-refractivity contribution in [1.82, 2.24) is 9.99 Å². The molecule has 2 heterocycles. The molecule has 13 nitrogen and oxygen atoms in total. The average Bonchev–Trinajstić information content (AvgIpc) is 3.06. The van der Waals surface area contributed by atoms with Crippen LogP contribution in [0.3, 0.4) is 0 Å². The average molecular weight is 557 g/mol. The fourth-order valence-corrected chi connectivity index (χ4v) is 5.11. The molecule has 3 rings (SSSR count). The Bertz CT molecular complexity index is 1150. The fraction of sp³-hybridized carbons (Fsp3) is 0.478. The van der Waals surface area contributed by atoms with Crippen LogP contribution in [0.1, 0.15) is 27.2 Å². The van der Waals surface area contributed by atoms with Crippen molar-refractivity contribution >= 4 is 31.3 Å². The van der Waals surface area contributed by atoms with Gasteiger partial charge in [0.2, 0.25) is 5.91 Å². The number of aliphatic hydroxyl groups excluding tert-OH is 1. The van der Waals surface area contributed by atoms with Crippen molar-refractivity contribution in [2.75, 3.05) is 6.61 Å². The van der Waals surface area contributed by atoms with E-state index >= 15 is 4.39 Å². The van der Waals surface area contributed by atoms with E-state index in [-0.39, 0.29) is 5.75 Å². The van der Waals surface area contributed by atoms with Gasteiger partial charge in [0.05, 0.1) is 13.0 Å². The van der Waals surface area contributed by atoms with Crippen molar-refractivity contribution in [2.45, 2.75) is 63.4 Å². The first kappa shape index (κ1) is 29.4. The molecule has 1 unspecified atom stereocenters. The van der Waals surface area contributed by atoms with Crippen molar-refractivity contribution in [3.8, 4) is 5.75 Å². The summed E-state index contributed by atoms with van der Waals surface area (Å²) in [5.74, 6) is -2.99. The van der Waals surface area contributed by atoms with E-state index in [9.17, 15) is 28.8 Å². The number of aliphatic hydroxyl groups is 1. The quantitative estimate of drug-likeness (QED) is 0.198. The summed E-state index contributed by atoms with van der Waals surface area (Å²) in [6.45, 7) is 2.84. The van der Waals surface area contributed by atoms with E-state index in [0.29, 0.717) is 0 Å². The molecule has 208 valence electrons. The molecule has 4 N–H and O–H groups in total. The van der Waals surface area contributed by atoms with Crippen LogP contribution >= 0.6 is 7.75 Å². The Labute approximate surface area is 217 Å². The second-order valence-electron chi connectivity index (χ2n) is 8.91. The monoisotopic (exact) mass is 557 g/mol. The van der Waals surface area contributed by atoms with Crippen molar-refractivity contribution in [3.05, 3.63) is 42.6 Å². The lowest BCUT2D eigenvalue weighted by Crippen LogP contribution is -2.51. The van der Waals surface area contributed by atoms with Gasteiger partial charge in [0.15, 0.2) is 23.8 Å². The molecular weight excluding hydrogens is 528 g/mol. The van der Waals surface area contributed by atoms with Crippen LogP contribution in [0.4, 0.5) is 4.39 Å². The second kappa shape index (κ2) is 11.7. The first-order valence-electron chi connectivity index (χ1n) is 11.5. The normalized spacial score (nSPS) is 28.4. The van der Waals surface area contributed by atoms with Crippen LogP contribution in [-0.2, 0) is 37.7 Å². The maximum Gasteiger partial charge on any atom is 0.459 e. The number of amides is 2. The van der Waals surface area contributed by atoms with E-state index in [4.69, 9.17) is 24.3 Å². The molecule has 38 heavy (non-hydrogen) atoms. The Kier molecular flexibility index (Phi) is 9.05. The molecule has 2 aliphatic rings. The molecule has 2 amide bonds. The summed E-state index contributed by atoms with van der Waals surface area (Å²) in [4.78, 5) is 48.1. The smallest absolute Gasteiger partial charge is 0.451 e. The van der Waals surface area contributed by atoms with E-state index in [1.165, 1.54) is 26.0 Å². The number of alkyl halides is 1. The van der Waals surface area contributed by atoms with Gasteiger partial charge in [-0.05, 0) is 39.0 Å². The number of ketones is 1. The Hall–Kier alpha value is -3.16. The Morgan fingerprint density at radius 2 is 1.97 bits per heavy atom. The number of halogens is 1. The van der Waals surface area contributed by atoms with Crippen LogP contribution in [0.5, 0.6) is 5.75 Å². The van der Waals surface area contributed by atoms with Crippen LogP contribution in [0.2, 0.25) is 0 Å². The predicted octanol–water partition coefficient (Wildman–Crippen LogP) is 0.714. The molecule has 1 aromatic rings. The topological polar surface area (TPSA) is 184 Å². The van der Waals surface area contributed by atoms with Crippen molar-refractivity contribution in [3.63, 3.8) is 0 Å². The number of rotatable bonds is 11. The molecule has 0 saturated carbocycles. The lowest BCUT2D eigenvalue weighted by Gasteiger charge is -2.32. The number of hydrogen-bond donors (Lipinski definition) is 3. The third-order valence-corrected chi connectivity index (χ3v) is 7.42. The summed E-state index contributed by atoms with van der Waals surface area (Å²) in [5, 5.41) is 13.0. The molecule has 2 aliphatic heterocycles. The Morgan fingerprint density at radius 1 is 1.32 bits per heavy atom. The SMILES string of the molecule is C[C@H](NP(=O)(OC[C@H]1O[C@@H](N2C=CC(=O)CC2=O)[C@](C)(F)[C@@H]1O)Oc1ccccc1)C(=O)O[C@@H](C)C(N)=O. The van der Waals surface area contributed by atoms with Gasteiger partial charge in [0, 0.05) is 6.20 Å². The highest BCUT2D eigenvalue weighted by Gasteiger charge is 2.57. The number of benzene rings is 1. The van der Waals surface area contributed by atoms with Gasteiger partial charge in [0.25, 0.3) is 5.91 Å². The maximum absolute atomic E-state index is 15.5. The van der Waals surface area contributed by atoms with Crippen molar-refractivity contribution < 1.29 is 51.8 Å². The molecular formula is C23H29FN3O10P. The first-order chi connectivity index (χ1) is 17.7. The summed E-state index contributed by atoms with van der Waals surface area (Å²) in [6, 6.07) is 6.44. The molecule has 0 aliphatic carbocycles. The first-order valence-corrected chi connectivity index (χ1v) is 13.1. The van der Waals surface area contributed by atoms with Gasteiger partial charge in [-0.2, -0.15) is 5.09 Å². The molecule has 1 aromatic carbocycles. The predicted molar refractivity (Wildman–Crippen MR) is 128 cm³/mol. The largest absolute Gasteiger partial charge is 0.459 e. The lowest BCUT2D eigenvalue weighted by atomic mass is 9.97. The molecule has 1 saturated heterocycles. The highest BCUT2D eigenvalue weighted by atomic mass is 31.2. The van der Waals surface area contributed by atoms with Crippen LogP contribution in [0.25, 0.3) is 0 Å². The summed E-state index contributed by atoms with van der Waals surface area (Å²) >= 11 is 0. The molecule has 15 heteroatoms. The maximum atomic E-state index is 15.5. The van der Waals surface area contributed by atoms with E-state index < -0.39 is 80.6 Å². The third kappa shape index (κ3) is 6.83. The molecule has 0 bridgehead atoms. The number of para-hydroxylation sites is 1.